The van der Waals surface area contributed by atoms with Crippen LogP contribution in [0.15, 0.2) is 26.4 Å². The van der Waals surface area contributed by atoms with Crippen LogP contribution in [-0.2, 0) is 10.0 Å². The van der Waals surface area contributed by atoms with Gasteiger partial charge in [0, 0.05) is 24.3 Å². The highest BCUT2D eigenvalue weighted by atomic mass is 79.9. The van der Waals surface area contributed by atoms with E-state index in [-0.39, 0.29) is 4.90 Å². The molecule has 0 saturated heterocycles. The van der Waals surface area contributed by atoms with E-state index in [4.69, 9.17) is 0 Å². The second kappa shape index (κ2) is 5.11. The molecule has 16 heavy (non-hydrogen) atoms. The van der Waals surface area contributed by atoms with E-state index in [0.717, 1.165) is 0 Å². The molecule has 0 radical (unpaired) electrons. The summed E-state index contributed by atoms with van der Waals surface area (Å²) in [6.45, 7) is 2.26. The van der Waals surface area contributed by atoms with Crippen LogP contribution in [0.5, 0.6) is 0 Å². The first-order chi connectivity index (χ1) is 7.39. The summed E-state index contributed by atoms with van der Waals surface area (Å²) in [5.41, 5.74) is -0.605. The normalized spacial score (nSPS) is 12.0. The van der Waals surface area contributed by atoms with Gasteiger partial charge in [-0.2, -0.15) is 0 Å². The van der Waals surface area contributed by atoms with Gasteiger partial charge in [-0.15, -0.1) is 0 Å². The Morgan fingerprint density at radius 3 is 2.69 bits per heavy atom. The lowest BCUT2D eigenvalue weighted by Crippen LogP contribution is -2.31. The Morgan fingerprint density at radius 1 is 1.50 bits per heavy atom. The third-order valence-corrected chi connectivity index (χ3v) is 4.38. The van der Waals surface area contributed by atoms with Gasteiger partial charge in [-0.25, -0.2) is 12.7 Å². The van der Waals surface area contributed by atoms with E-state index < -0.39 is 15.6 Å². The van der Waals surface area contributed by atoms with Gasteiger partial charge in [0.25, 0.3) is 5.56 Å². The Hall–Kier alpha value is -0.660. The molecule has 1 rings (SSSR count). The standard InChI is InChI=1S/C9H13BrN2O3S/c1-3-4-12(2)16(14,15)8-5-7(10)6-11-9(8)13/h5-6H,3-4H2,1-2H3,(H,11,13). The molecule has 0 unspecified atom stereocenters. The van der Waals surface area contributed by atoms with Crippen molar-refractivity contribution in [3.63, 3.8) is 0 Å². The van der Waals surface area contributed by atoms with Gasteiger partial charge < -0.3 is 4.98 Å². The molecule has 5 nitrogen and oxygen atoms in total. The molecular formula is C9H13BrN2O3S. The van der Waals surface area contributed by atoms with Crippen LogP contribution in [0.4, 0.5) is 0 Å². The number of sulfonamides is 1. The number of aromatic nitrogens is 1. The lowest BCUT2D eigenvalue weighted by molar-refractivity contribution is 0.467. The molecule has 0 amide bonds. The third kappa shape index (κ3) is 2.72. The number of aromatic amines is 1. The zero-order chi connectivity index (χ0) is 12.3. The van der Waals surface area contributed by atoms with Crippen LogP contribution in [0.25, 0.3) is 0 Å². The maximum atomic E-state index is 12.0. The minimum Gasteiger partial charge on any atom is -0.327 e. The van der Waals surface area contributed by atoms with Crippen molar-refractivity contribution in [3.05, 3.63) is 27.1 Å². The van der Waals surface area contributed by atoms with Crippen molar-refractivity contribution in [2.45, 2.75) is 18.2 Å². The highest BCUT2D eigenvalue weighted by Crippen LogP contribution is 2.14. The number of H-pyrrole nitrogens is 1. The first-order valence-electron chi connectivity index (χ1n) is 4.74. The molecule has 7 heteroatoms. The molecule has 0 aliphatic rings. The summed E-state index contributed by atoms with van der Waals surface area (Å²) in [4.78, 5) is 13.6. The molecule has 0 fully saturated rings. The predicted molar refractivity (Wildman–Crippen MR) is 64.9 cm³/mol. The quantitative estimate of drug-likeness (QED) is 0.907. The van der Waals surface area contributed by atoms with E-state index >= 15 is 0 Å². The lowest BCUT2D eigenvalue weighted by Gasteiger charge is -2.15. The molecule has 0 bridgehead atoms. The molecule has 0 saturated carbocycles. The van der Waals surface area contributed by atoms with Gasteiger partial charge in [-0.3, -0.25) is 4.79 Å². The van der Waals surface area contributed by atoms with Crippen molar-refractivity contribution in [3.8, 4) is 0 Å². The van der Waals surface area contributed by atoms with Crippen LogP contribution in [-0.4, -0.2) is 31.3 Å². The Kier molecular flexibility index (Phi) is 4.28. The predicted octanol–water partition coefficient (Wildman–Crippen LogP) is 1.17. The Bertz CT molecular complexity index is 524. The van der Waals surface area contributed by atoms with Gasteiger partial charge in [0.2, 0.25) is 10.0 Å². The molecule has 1 aromatic heterocycles. The van der Waals surface area contributed by atoms with E-state index in [1.54, 1.807) is 0 Å². The Balaban J connectivity index is 3.27. The summed E-state index contributed by atoms with van der Waals surface area (Å²) in [7, 11) is -2.24. The summed E-state index contributed by atoms with van der Waals surface area (Å²) in [5.74, 6) is 0. The number of hydrogen-bond donors (Lipinski definition) is 1. The molecule has 0 spiro atoms. The minimum atomic E-state index is -3.69. The number of hydrogen-bond acceptors (Lipinski definition) is 3. The second-order valence-corrected chi connectivity index (χ2v) is 6.27. The van der Waals surface area contributed by atoms with Gasteiger partial charge in [-0.1, -0.05) is 6.92 Å². The van der Waals surface area contributed by atoms with Gasteiger partial charge >= 0.3 is 0 Å². The van der Waals surface area contributed by atoms with Crippen LogP contribution in [0, 0.1) is 0 Å². The van der Waals surface area contributed by atoms with E-state index in [1.807, 2.05) is 6.92 Å². The largest absolute Gasteiger partial charge is 0.327 e. The summed E-state index contributed by atoms with van der Waals surface area (Å²) in [6, 6.07) is 1.31. The zero-order valence-electron chi connectivity index (χ0n) is 9.03. The average molecular weight is 309 g/mol. The van der Waals surface area contributed by atoms with Crippen molar-refractivity contribution in [2.75, 3.05) is 13.6 Å². The van der Waals surface area contributed by atoms with Crippen molar-refractivity contribution in [1.82, 2.24) is 9.29 Å². The molecule has 1 heterocycles. The molecule has 90 valence electrons. The number of nitrogens with zero attached hydrogens (tertiary/aromatic N) is 1. The van der Waals surface area contributed by atoms with Crippen LogP contribution in [0.2, 0.25) is 0 Å². The maximum absolute atomic E-state index is 12.0. The Labute approximate surface area is 103 Å². The third-order valence-electron chi connectivity index (χ3n) is 2.06. The van der Waals surface area contributed by atoms with Gasteiger partial charge in [-0.05, 0) is 28.4 Å². The number of rotatable bonds is 4. The fourth-order valence-electron chi connectivity index (χ4n) is 1.23. The summed E-state index contributed by atoms with van der Waals surface area (Å²) in [5, 5.41) is 0. The molecule has 0 aliphatic carbocycles. The van der Waals surface area contributed by atoms with Crippen molar-refractivity contribution >= 4 is 26.0 Å². The minimum absolute atomic E-state index is 0.238. The molecule has 1 N–H and O–H groups in total. The first kappa shape index (κ1) is 13.4. The molecule has 1 aromatic rings. The highest BCUT2D eigenvalue weighted by Gasteiger charge is 2.23. The smallest absolute Gasteiger partial charge is 0.268 e. The van der Waals surface area contributed by atoms with E-state index in [9.17, 15) is 13.2 Å². The SMILES string of the molecule is CCCN(C)S(=O)(=O)c1cc(Br)c[nH]c1=O. The molecule has 0 atom stereocenters. The van der Waals surface area contributed by atoms with Gasteiger partial charge in [0.15, 0.2) is 0 Å². The summed E-state index contributed by atoms with van der Waals surface area (Å²) in [6.07, 6.45) is 2.10. The van der Waals surface area contributed by atoms with E-state index in [0.29, 0.717) is 17.4 Å². The fourth-order valence-corrected chi connectivity index (χ4v) is 3.06. The molecular weight excluding hydrogens is 296 g/mol. The first-order valence-corrected chi connectivity index (χ1v) is 6.97. The van der Waals surface area contributed by atoms with Crippen LogP contribution in [0.3, 0.4) is 0 Å². The summed E-state index contributed by atoms with van der Waals surface area (Å²) >= 11 is 3.12. The Morgan fingerprint density at radius 2 is 2.12 bits per heavy atom. The van der Waals surface area contributed by atoms with Crippen LogP contribution in [0.1, 0.15) is 13.3 Å². The number of nitrogens with one attached hydrogen (secondary N) is 1. The van der Waals surface area contributed by atoms with Gasteiger partial charge in [0.05, 0.1) is 0 Å². The van der Waals surface area contributed by atoms with Crippen molar-refractivity contribution in [1.29, 1.82) is 0 Å². The van der Waals surface area contributed by atoms with E-state index in [2.05, 4.69) is 20.9 Å². The number of pyridine rings is 1. The highest BCUT2D eigenvalue weighted by molar-refractivity contribution is 9.10. The molecule has 0 aromatic carbocycles. The zero-order valence-corrected chi connectivity index (χ0v) is 11.4. The maximum Gasteiger partial charge on any atom is 0.268 e. The van der Waals surface area contributed by atoms with Crippen LogP contribution < -0.4 is 5.56 Å². The second-order valence-electron chi connectivity index (χ2n) is 3.34. The van der Waals surface area contributed by atoms with Crippen LogP contribution >= 0.6 is 15.9 Å². The number of halogens is 1. The fraction of sp³-hybridized carbons (Fsp3) is 0.444. The molecule has 0 aliphatic heterocycles. The topological polar surface area (TPSA) is 70.2 Å². The van der Waals surface area contributed by atoms with Crippen molar-refractivity contribution < 1.29 is 8.42 Å². The lowest BCUT2D eigenvalue weighted by atomic mass is 10.5. The summed E-state index contributed by atoms with van der Waals surface area (Å²) < 4.78 is 25.7. The van der Waals surface area contributed by atoms with E-state index in [1.165, 1.54) is 23.6 Å². The average Bonchev–Trinajstić information content (AvgIpc) is 2.22. The monoisotopic (exact) mass is 308 g/mol. The van der Waals surface area contributed by atoms with Crippen molar-refractivity contribution in [2.24, 2.45) is 0 Å². The van der Waals surface area contributed by atoms with Gasteiger partial charge in [0.1, 0.15) is 4.90 Å².